The molecule has 47 heavy (non-hydrogen) atoms. The van der Waals surface area contributed by atoms with Crippen LogP contribution in [0.5, 0.6) is 0 Å². The quantitative estimate of drug-likeness (QED) is 0.0605. The summed E-state index contributed by atoms with van der Waals surface area (Å²) in [6.45, 7) is 10.1. The fourth-order valence-electron chi connectivity index (χ4n) is 6.18. The Morgan fingerprint density at radius 1 is 0.872 bits per heavy atom. The third kappa shape index (κ3) is 12.6. The van der Waals surface area contributed by atoms with Gasteiger partial charge in [-0.25, -0.2) is 0 Å². The van der Waals surface area contributed by atoms with Gasteiger partial charge in [-0.3, -0.25) is 23.4 Å². The standard InChI is InChI=1S/C33H56O13S/c1-8-32(5,30(38)43-16-17-46-47(39,40)26-12-10-23(2)11-13-26)18-24(27(35)42-15-9-14-34)19-33(6,29(37)41-7)22-31(3,4)28(36)45-21-25-20-44-25/h23-26,34H,8-22H2,1-7H3. The number of ether oxygens (including phenoxy) is 5. The van der Waals surface area contributed by atoms with Gasteiger partial charge in [0.25, 0.3) is 10.1 Å². The third-order valence-electron chi connectivity index (χ3n) is 9.35. The van der Waals surface area contributed by atoms with E-state index in [-0.39, 0.29) is 71.2 Å². The summed E-state index contributed by atoms with van der Waals surface area (Å²) < 4.78 is 57.0. The molecule has 0 aromatic heterocycles. The molecule has 1 saturated heterocycles. The van der Waals surface area contributed by atoms with Gasteiger partial charge in [-0.2, -0.15) is 8.42 Å². The van der Waals surface area contributed by atoms with E-state index >= 15 is 0 Å². The predicted octanol–water partition coefficient (Wildman–Crippen LogP) is 3.73. The molecule has 1 aliphatic heterocycles. The molecule has 0 amide bonds. The number of esters is 4. The molecule has 1 saturated carbocycles. The van der Waals surface area contributed by atoms with Gasteiger partial charge in [-0.05, 0) is 85.0 Å². The molecule has 272 valence electrons. The van der Waals surface area contributed by atoms with Crippen molar-refractivity contribution in [3.63, 3.8) is 0 Å². The Bertz CT molecular complexity index is 1160. The van der Waals surface area contributed by atoms with E-state index in [1.807, 2.05) is 0 Å². The van der Waals surface area contributed by atoms with Gasteiger partial charge >= 0.3 is 23.9 Å². The molecule has 0 spiro atoms. The molecule has 0 radical (unpaired) electrons. The fourth-order valence-corrected chi connectivity index (χ4v) is 7.52. The monoisotopic (exact) mass is 692 g/mol. The van der Waals surface area contributed by atoms with Crippen LogP contribution in [0.2, 0.25) is 0 Å². The number of hydrogen-bond donors (Lipinski definition) is 1. The van der Waals surface area contributed by atoms with E-state index in [0.29, 0.717) is 25.4 Å². The van der Waals surface area contributed by atoms with Crippen molar-refractivity contribution in [3.05, 3.63) is 0 Å². The molecule has 2 aliphatic rings. The molecule has 4 unspecified atom stereocenters. The lowest BCUT2D eigenvalue weighted by Crippen LogP contribution is -2.43. The van der Waals surface area contributed by atoms with Crippen molar-refractivity contribution in [2.45, 2.75) is 111 Å². The molecule has 0 bridgehead atoms. The van der Waals surface area contributed by atoms with Crippen LogP contribution in [-0.2, 0) is 57.2 Å². The number of aliphatic hydroxyl groups is 1. The highest BCUT2D eigenvalue weighted by Crippen LogP contribution is 2.44. The van der Waals surface area contributed by atoms with Crippen molar-refractivity contribution in [2.24, 2.45) is 28.1 Å². The lowest BCUT2D eigenvalue weighted by atomic mass is 9.67. The second-order valence-electron chi connectivity index (χ2n) is 14.3. The summed E-state index contributed by atoms with van der Waals surface area (Å²) in [4.78, 5) is 53.1. The first-order valence-electron chi connectivity index (χ1n) is 16.6. The minimum Gasteiger partial charge on any atom is -0.469 e. The van der Waals surface area contributed by atoms with Gasteiger partial charge < -0.3 is 28.8 Å². The number of epoxide rings is 1. The Morgan fingerprint density at radius 2 is 1.49 bits per heavy atom. The summed E-state index contributed by atoms with van der Waals surface area (Å²) >= 11 is 0. The molecule has 0 aromatic carbocycles. The van der Waals surface area contributed by atoms with E-state index in [1.165, 1.54) is 7.11 Å². The second-order valence-corrected chi connectivity index (χ2v) is 16.2. The third-order valence-corrected chi connectivity index (χ3v) is 11.1. The average Bonchev–Trinajstić information content (AvgIpc) is 3.85. The van der Waals surface area contributed by atoms with Crippen molar-refractivity contribution in [1.82, 2.24) is 0 Å². The maximum atomic E-state index is 13.4. The molecular weight excluding hydrogens is 636 g/mol. The van der Waals surface area contributed by atoms with Crippen molar-refractivity contribution in [1.29, 1.82) is 0 Å². The molecular formula is C33H56O13S. The SMILES string of the molecule is CCC(C)(CC(CC(C)(CC(C)(C)C(=O)OCC1CO1)C(=O)OC)C(=O)OCCCO)C(=O)OCCOS(=O)(=O)C1CCC(C)CC1. The van der Waals surface area contributed by atoms with Crippen LogP contribution in [0.4, 0.5) is 0 Å². The second kappa shape index (κ2) is 17.9. The highest BCUT2D eigenvalue weighted by molar-refractivity contribution is 7.87. The van der Waals surface area contributed by atoms with Gasteiger partial charge in [0.1, 0.15) is 25.9 Å². The lowest BCUT2D eigenvalue weighted by Gasteiger charge is -2.37. The number of rotatable bonds is 21. The summed E-state index contributed by atoms with van der Waals surface area (Å²) in [6.07, 6.45) is 2.78. The first kappa shape index (κ1) is 40.9. The number of hydrogen-bond acceptors (Lipinski definition) is 13. The topological polar surface area (TPSA) is 181 Å². The van der Waals surface area contributed by atoms with Crippen LogP contribution >= 0.6 is 0 Å². The van der Waals surface area contributed by atoms with Crippen molar-refractivity contribution in [3.8, 4) is 0 Å². The lowest BCUT2D eigenvalue weighted by molar-refractivity contribution is -0.165. The Kier molecular flexibility index (Phi) is 15.6. The molecule has 1 heterocycles. The van der Waals surface area contributed by atoms with Crippen molar-refractivity contribution in [2.75, 3.05) is 46.8 Å². The van der Waals surface area contributed by atoms with Gasteiger partial charge in [-0.15, -0.1) is 0 Å². The van der Waals surface area contributed by atoms with Crippen LogP contribution in [-0.4, -0.2) is 95.5 Å². The molecule has 2 rings (SSSR count). The predicted molar refractivity (Wildman–Crippen MR) is 170 cm³/mol. The van der Waals surface area contributed by atoms with Crippen LogP contribution in [0.3, 0.4) is 0 Å². The Balaban J connectivity index is 2.17. The van der Waals surface area contributed by atoms with Gasteiger partial charge in [0.15, 0.2) is 0 Å². The van der Waals surface area contributed by atoms with Gasteiger partial charge in [0, 0.05) is 13.0 Å². The van der Waals surface area contributed by atoms with Crippen LogP contribution in [0.15, 0.2) is 0 Å². The van der Waals surface area contributed by atoms with E-state index in [0.717, 1.165) is 12.8 Å². The van der Waals surface area contributed by atoms with Gasteiger partial charge in [0.05, 0.1) is 47.7 Å². The summed E-state index contributed by atoms with van der Waals surface area (Å²) in [5.41, 5.74) is -3.74. The van der Waals surface area contributed by atoms with Crippen LogP contribution in [0, 0.1) is 28.1 Å². The molecule has 2 fully saturated rings. The van der Waals surface area contributed by atoms with E-state index in [2.05, 4.69) is 6.92 Å². The van der Waals surface area contributed by atoms with Crippen LogP contribution in [0.25, 0.3) is 0 Å². The highest BCUT2D eigenvalue weighted by atomic mass is 32.2. The summed E-state index contributed by atoms with van der Waals surface area (Å²) in [6, 6.07) is 0. The Hall–Kier alpha value is -2.29. The highest BCUT2D eigenvalue weighted by Gasteiger charge is 2.48. The summed E-state index contributed by atoms with van der Waals surface area (Å²) in [5, 5.41) is 8.62. The number of methoxy groups -OCH3 is 1. The summed E-state index contributed by atoms with van der Waals surface area (Å²) in [7, 11) is -2.58. The molecule has 0 aromatic rings. The molecule has 1 N–H and O–H groups in total. The van der Waals surface area contributed by atoms with Crippen LogP contribution in [0.1, 0.15) is 99.3 Å². The normalized spacial score (nSPS) is 23.0. The maximum Gasteiger partial charge on any atom is 0.311 e. The fraction of sp³-hybridized carbons (Fsp3) is 0.879. The zero-order chi connectivity index (χ0) is 35.5. The van der Waals surface area contributed by atoms with E-state index in [4.69, 9.17) is 27.9 Å². The Labute approximate surface area is 279 Å². The minimum atomic E-state index is -3.80. The zero-order valence-electron chi connectivity index (χ0n) is 29.2. The van der Waals surface area contributed by atoms with Crippen molar-refractivity contribution >= 4 is 34.0 Å². The Morgan fingerprint density at radius 3 is 2.04 bits per heavy atom. The van der Waals surface area contributed by atoms with Crippen molar-refractivity contribution < 1.29 is 60.6 Å². The van der Waals surface area contributed by atoms with E-state index in [9.17, 15) is 32.7 Å². The number of carbonyl (C=O) groups is 4. The van der Waals surface area contributed by atoms with Crippen LogP contribution < -0.4 is 0 Å². The zero-order valence-corrected chi connectivity index (χ0v) is 30.0. The van der Waals surface area contributed by atoms with Gasteiger partial charge in [0.2, 0.25) is 0 Å². The molecule has 14 heteroatoms. The number of carbonyl (C=O) groups excluding carboxylic acids is 4. The maximum absolute atomic E-state index is 13.4. The van der Waals surface area contributed by atoms with Gasteiger partial charge in [-0.1, -0.05) is 13.8 Å². The average molecular weight is 693 g/mol. The number of aliphatic hydroxyl groups excluding tert-OH is 1. The smallest absolute Gasteiger partial charge is 0.311 e. The first-order valence-corrected chi connectivity index (χ1v) is 18.1. The largest absolute Gasteiger partial charge is 0.469 e. The van der Waals surface area contributed by atoms with E-state index in [1.54, 1.807) is 34.6 Å². The molecule has 1 aliphatic carbocycles. The molecule has 13 nitrogen and oxygen atoms in total. The minimum absolute atomic E-state index is 0.0313. The summed E-state index contributed by atoms with van der Waals surface area (Å²) in [5.74, 6) is -3.05. The molecule has 4 atom stereocenters. The van der Waals surface area contributed by atoms with E-state index < -0.39 is 61.4 Å². The first-order chi connectivity index (χ1) is 21.9.